The maximum atomic E-state index is 14.2. The highest BCUT2D eigenvalue weighted by molar-refractivity contribution is 5.93. The van der Waals surface area contributed by atoms with E-state index in [9.17, 15) is 4.39 Å². The summed E-state index contributed by atoms with van der Waals surface area (Å²) in [5.41, 5.74) is 7.98. The van der Waals surface area contributed by atoms with Crippen molar-refractivity contribution in [1.29, 1.82) is 0 Å². The average Bonchev–Trinajstić information content (AvgIpc) is 3.17. The third-order valence-electron chi connectivity index (χ3n) is 4.77. The lowest BCUT2D eigenvalue weighted by atomic mass is 10.1. The van der Waals surface area contributed by atoms with E-state index in [4.69, 9.17) is 10.5 Å². The fourth-order valence-corrected chi connectivity index (χ4v) is 3.58. The van der Waals surface area contributed by atoms with Crippen LogP contribution in [0, 0.1) is 5.82 Å². The minimum atomic E-state index is -0.422. The molecule has 0 spiro atoms. The number of ether oxygens (including phenoxy) is 1. The summed E-state index contributed by atoms with van der Waals surface area (Å²) in [6.45, 7) is 6.62. The Kier molecular flexibility index (Phi) is 4.43. The van der Waals surface area contributed by atoms with E-state index in [-0.39, 0.29) is 17.9 Å². The third-order valence-corrected chi connectivity index (χ3v) is 4.77. The van der Waals surface area contributed by atoms with Gasteiger partial charge in [0, 0.05) is 36.1 Å². The van der Waals surface area contributed by atoms with Crippen LogP contribution < -0.4 is 15.4 Å². The number of fused-ring (bicyclic) bond motifs is 1. The SMILES string of the molecule is CC(C)Oc1cc2c(-c3cc(N4C[C@H](N)C[C@@H]4C)ncn3)n[nH]c2cc1F. The lowest BCUT2D eigenvalue weighted by molar-refractivity contribution is 0.231. The molecule has 1 saturated heterocycles. The van der Waals surface area contributed by atoms with Gasteiger partial charge < -0.3 is 15.4 Å². The topological polar surface area (TPSA) is 93.0 Å². The highest BCUT2D eigenvalue weighted by Gasteiger charge is 2.28. The molecule has 27 heavy (non-hydrogen) atoms. The number of benzene rings is 1. The number of nitrogens with one attached hydrogen (secondary N) is 1. The Morgan fingerprint density at radius 3 is 2.81 bits per heavy atom. The average molecular weight is 370 g/mol. The largest absolute Gasteiger partial charge is 0.488 e. The van der Waals surface area contributed by atoms with Crippen LogP contribution in [0.15, 0.2) is 24.5 Å². The van der Waals surface area contributed by atoms with Crippen molar-refractivity contribution in [3.63, 3.8) is 0 Å². The van der Waals surface area contributed by atoms with Crippen molar-refractivity contribution in [2.45, 2.75) is 45.4 Å². The molecule has 0 bridgehead atoms. The van der Waals surface area contributed by atoms with Crippen LogP contribution in [0.3, 0.4) is 0 Å². The number of nitrogens with two attached hydrogens (primary N) is 1. The second-order valence-corrected chi connectivity index (χ2v) is 7.33. The van der Waals surface area contributed by atoms with Crippen molar-refractivity contribution in [2.24, 2.45) is 5.73 Å². The predicted molar refractivity (Wildman–Crippen MR) is 102 cm³/mol. The normalized spacial score (nSPS) is 20.0. The second-order valence-electron chi connectivity index (χ2n) is 7.33. The Balaban J connectivity index is 1.75. The fourth-order valence-electron chi connectivity index (χ4n) is 3.58. The quantitative estimate of drug-likeness (QED) is 0.734. The maximum Gasteiger partial charge on any atom is 0.167 e. The molecule has 0 aliphatic carbocycles. The highest BCUT2D eigenvalue weighted by atomic mass is 19.1. The summed E-state index contributed by atoms with van der Waals surface area (Å²) in [5.74, 6) is 0.598. The summed E-state index contributed by atoms with van der Waals surface area (Å²) < 4.78 is 19.8. The molecule has 0 unspecified atom stereocenters. The molecule has 1 fully saturated rings. The van der Waals surface area contributed by atoms with E-state index in [1.807, 2.05) is 19.9 Å². The van der Waals surface area contributed by atoms with Crippen LogP contribution >= 0.6 is 0 Å². The van der Waals surface area contributed by atoms with Gasteiger partial charge in [0.25, 0.3) is 0 Å². The number of H-pyrrole nitrogens is 1. The summed E-state index contributed by atoms with van der Waals surface area (Å²) in [5, 5.41) is 7.97. The van der Waals surface area contributed by atoms with E-state index in [0.717, 1.165) is 24.2 Å². The summed E-state index contributed by atoms with van der Waals surface area (Å²) in [6.07, 6.45) is 2.33. The molecular weight excluding hydrogens is 347 g/mol. The monoisotopic (exact) mass is 370 g/mol. The van der Waals surface area contributed by atoms with Crippen LogP contribution in [-0.2, 0) is 0 Å². The molecule has 0 radical (unpaired) electrons. The number of halogens is 1. The van der Waals surface area contributed by atoms with Crippen molar-refractivity contribution in [1.82, 2.24) is 20.2 Å². The summed E-state index contributed by atoms with van der Waals surface area (Å²) in [4.78, 5) is 11.0. The first kappa shape index (κ1) is 17.7. The van der Waals surface area contributed by atoms with E-state index >= 15 is 0 Å². The Labute approximate surface area is 156 Å². The van der Waals surface area contributed by atoms with Gasteiger partial charge >= 0.3 is 0 Å². The maximum absolute atomic E-state index is 14.2. The third kappa shape index (κ3) is 3.32. The zero-order valence-corrected chi connectivity index (χ0v) is 15.6. The predicted octanol–water partition coefficient (Wildman–Crippen LogP) is 2.87. The van der Waals surface area contributed by atoms with Gasteiger partial charge in [-0.2, -0.15) is 5.10 Å². The minimum Gasteiger partial charge on any atom is -0.488 e. The van der Waals surface area contributed by atoms with Crippen LogP contribution in [-0.4, -0.2) is 44.9 Å². The van der Waals surface area contributed by atoms with Crippen LogP contribution in [0.4, 0.5) is 10.2 Å². The molecule has 4 rings (SSSR count). The molecule has 1 aliphatic heterocycles. The molecule has 0 saturated carbocycles. The molecule has 142 valence electrons. The zero-order chi connectivity index (χ0) is 19.1. The number of aromatic nitrogens is 4. The van der Waals surface area contributed by atoms with Gasteiger partial charge in [0.2, 0.25) is 0 Å². The molecule has 2 atom stereocenters. The van der Waals surface area contributed by atoms with Crippen molar-refractivity contribution in [3.8, 4) is 17.1 Å². The number of anilines is 1. The van der Waals surface area contributed by atoms with Crippen molar-refractivity contribution in [2.75, 3.05) is 11.4 Å². The van der Waals surface area contributed by atoms with Gasteiger partial charge in [0.1, 0.15) is 17.8 Å². The molecule has 0 amide bonds. The van der Waals surface area contributed by atoms with Gasteiger partial charge in [0.15, 0.2) is 11.6 Å². The first-order chi connectivity index (χ1) is 12.9. The lowest BCUT2D eigenvalue weighted by Crippen LogP contribution is -2.29. The van der Waals surface area contributed by atoms with Gasteiger partial charge in [-0.05, 0) is 33.3 Å². The van der Waals surface area contributed by atoms with Crippen LogP contribution in [0.2, 0.25) is 0 Å². The molecule has 3 N–H and O–H groups in total. The number of hydrogen-bond acceptors (Lipinski definition) is 6. The standard InChI is InChI=1S/C19H23FN6O/c1-10(2)27-17-5-13-15(6-14(17)20)24-25-19(13)16-7-18(23-9-22-16)26-8-12(21)4-11(26)3/h5-7,9-12H,4,8,21H2,1-3H3,(H,24,25)/t11-,12+/m0/s1. The van der Waals surface area contributed by atoms with Crippen LogP contribution in [0.1, 0.15) is 27.2 Å². The fraction of sp³-hybridized carbons (Fsp3) is 0.421. The van der Waals surface area contributed by atoms with Crippen LogP contribution in [0.25, 0.3) is 22.3 Å². The molecular formula is C19H23FN6O. The molecule has 1 aromatic carbocycles. The van der Waals surface area contributed by atoms with Gasteiger partial charge in [-0.15, -0.1) is 0 Å². The van der Waals surface area contributed by atoms with Crippen molar-refractivity contribution >= 4 is 16.7 Å². The Morgan fingerprint density at radius 2 is 2.11 bits per heavy atom. The van der Waals surface area contributed by atoms with Gasteiger partial charge in [-0.3, -0.25) is 5.10 Å². The molecule has 3 aromatic rings. The first-order valence-corrected chi connectivity index (χ1v) is 9.11. The number of aromatic amines is 1. The van der Waals surface area contributed by atoms with E-state index in [2.05, 4.69) is 32.0 Å². The van der Waals surface area contributed by atoms with E-state index in [1.165, 1.54) is 12.4 Å². The number of hydrogen-bond donors (Lipinski definition) is 2. The van der Waals surface area contributed by atoms with E-state index in [0.29, 0.717) is 22.9 Å². The van der Waals surface area contributed by atoms with Crippen molar-refractivity contribution in [3.05, 3.63) is 30.3 Å². The van der Waals surface area contributed by atoms with Gasteiger partial charge in [-0.1, -0.05) is 0 Å². The molecule has 2 aromatic heterocycles. The lowest BCUT2D eigenvalue weighted by Gasteiger charge is -2.22. The highest BCUT2D eigenvalue weighted by Crippen LogP contribution is 2.32. The first-order valence-electron chi connectivity index (χ1n) is 9.11. The Morgan fingerprint density at radius 1 is 1.30 bits per heavy atom. The van der Waals surface area contributed by atoms with E-state index < -0.39 is 5.82 Å². The molecule has 3 heterocycles. The number of nitrogens with zero attached hydrogens (tertiary/aromatic N) is 4. The second kappa shape index (κ2) is 6.77. The Bertz CT molecular complexity index is 972. The number of rotatable bonds is 4. The zero-order valence-electron chi connectivity index (χ0n) is 15.6. The minimum absolute atomic E-state index is 0.126. The summed E-state index contributed by atoms with van der Waals surface area (Å²) >= 11 is 0. The van der Waals surface area contributed by atoms with Crippen molar-refractivity contribution < 1.29 is 9.13 Å². The van der Waals surface area contributed by atoms with E-state index in [1.54, 1.807) is 6.07 Å². The summed E-state index contributed by atoms with van der Waals surface area (Å²) in [6, 6.07) is 5.42. The Hall–Kier alpha value is -2.74. The molecule has 8 heteroatoms. The summed E-state index contributed by atoms with van der Waals surface area (Å²) in [7, 11) is 0. The van der Waals surface area contributed by atoms with Gasteiger partial charge in [-0.25, -0.2) is 14.4 Å². The molecule has 7 nitrogen and oxygen atoms in total. The van der Waals surface area contributed by atoms with Crippen LogP contribution in [0.5, 0.6) is 5.75 Å². The smallest absolute Gasteiger partial charge is 0.167 e. The van der Waals surface area contributed by atoms with Gasteiger partial charge in [0.05, 0.1) is 17.3 Å². The molecule has 1 aliphatic rings.